The number of amides is 3. The molecule has 0 radical (unpaired) electrons. The molecule has 1 heterocycles. The highest BCUT2D eigenvalue weighted by molar-refractivity contribution is 6.08. The number of nitrogens with one attached hydrogen (secondary N) is 1. The molecule has 6 heteroatoms. The summed E-state index contributed by atoms with van der Waals surface area (Å²) in [6, 6.07) is 16.2. The SMILES string of the molecule is C[C@H]1C(=O)N(CC(=O)Nc2cccc(Oc3ccccc3)c2)C(=O)[C@@H]1C. The summed E-state index contributed by atoms with van der Waals surface area (Å²) >= 11 is 0. The standard InChI is InChI=1S/C20H20N2O4/c1-13-14(2)20(25)22(19(13)24)12-18(23)21-15-7-6-10-17(11-15)26-16-8-4-3-5-9-16/h3-11,13-14H,12H2,1-2H3,(H,21,23)/t13-,14-/m1/s1. The number of anilines is 1. The molecule has 0 bridgehead atoms. The first-order valence-electron chi connectivity index (χ1n) is 8.44. The minimum Gasteiger partial charge on any atom is -0.457 e. The molecule has 0 aliphatic carbocycles. The molecule has 0 saturated carbocycles. The van der Waals surface area contributed by atoms with E-state index in [0.717, 1.165) is 4.90 Å². The summed E-state index contributed by atoms with van der Waals surface area (Å²) in [5.74, 6) is -0.560. The summed E-state index contributed by atoms with van der Waals surface area (Å²) in [5, 5.41) is 2.70. The zero-order chi connectivity index (χ0) is 18.7. The van der Waals surface area contributed by atoms with Gasteiger partial charge in [0.05, 0.1) is 0 Å². The molecule has 3 rings (SSSR count). The maximum Gasteiger partial charge on any atom is 0.244 e. The molecule has 2 aromatic carbocycles. The molecule has 6 nitrogen and oxygen atoms in total. The second-order valence-electron chi connectivity index (χ2n) is 6.33. The van der Waals surface area contributed by atoms with Gasteiger partial charge in [0.25, 0.3) is 0 Å². The Balaban J connectivity index is 1.64. The van der Waals surface area contributed by atoms with Crippen molar-refractivity contribution in [1.82, 2.24) is 4.90 Å². The molecular weight excluding hydrogens is 332 g/mol. The highest BCUT2D eigenvalue weighted by atomic mass is 16.5. The Kier molecular flexibility index (Phi) is 5.02. The quantitative estimate of drug-likeness (QED) is 0.839. The zero-order valence-electron chi connectivity index (χ0n) is 14.6. The number of likely N-dealkylation sites (tertiary alicyclic amines) is 1. The topological polar surface area (TPSA) is 75.7 Å². The van der Waals surface area contributed by atoms with Gasteiger partial charge >= 0.3 is 0 Å². The molecule has 0 unspecified atom stereocenters. The molecular formula is C20H20N2O4. The Morgan fingerprint density at radius 1 is 0.962 bits per heavy atom. The maximum absolute atomic E-state index is 12.2. The minimum atomic E-state index is -0.426. The van der Waals surface area contributed by atoms with E-state index in [2.05, 4.69) is 5.32 Å². The molecule has 0 spiro atoms. The number of nitrogens with zero attached hydrogens (tertiary/aromatic N) is 1. The molecule has 26 heavy (non-hydrogen) atoms. The van der Waals surface area contributed by atoms with E-state index in [9.17, 15) is 14.4 Å². The zero-order valence-corrected chi connectivity index (χ0v) is 14.6. The molecule has 1 fully saturated rings. The third-order valence-electron chi connectivity index (χ3n) is 4.46. The van der Waals surface area contributed by atoms with Gasteiger partial charge in [-0.15, -0.1) is 0 Å². The Hall–Kier alpha value is -3.15. The molecule has 0 aromatic heterocycles. The Morgan fingerprint density at radius 3 is 2.23 bits per heavy atom. The van der Waals surface area contributed by atoms with E-state index in [0.29, 0.717) is 17.2 Å². The van der Waals surface area contributed by atoms with Crippen LogP contribution in [0.3, 0.4) is 0 Å². The third-order valence-corrected chi connectivity index (χ3v) is 4.46. The molecule has 2 aromatic rings. The van der Waals surface area contributed by atoms with E-state index < -0.39 is 17.7 Å². The molecule has 1 aliphatic heterocycles. The minimum absolute atomic E-state index is 0.282. The maximum atomic E-state index is 12.2. The van der Waals surface area contributed by atoms with Crippen LogP contribution in [-0.4, -0.2) is 29.2 Å². The van der Waals surface area contributed by atoms with Crippen molar-refractivity contribution in [2.45, 2.75) is 13.8 Å². The monoisotopic (exact) mass is 352 g/mol. The van der Waals surface area contributed by atoms with Crippen molar-refractivity contribution in [1.29, 1.82) is 0 Å². The summed E-state index contributed by atoms with van der Waals surface area (Å²) in [6.07, 6.45) is 0. The van der Waals surface area contributed by atoms with Crippen molar-refractivity contribution in [2.24, 2.45) is 11.8 Å². The lowest BCUT2D eigenvalue weighted by Gasteiger charge is -2.14. The highest BCUT2D eigenvalue weighted by Crippen LogP contribution is 2.26. The van der Waals surface area contributed by atoms with Gasteiger partial charge < -0.3 is 10.1 Å². The third kappa shape index (κ3) is 3.74. The van der Waals surface area contributed by atoms with Crippen molar-refractivity contribution >= 4 is 23.4 Å². The van der Waals surface area contributed by atoms with Gasteiger partial charge in [-0.1, -0.05) is 38.1 Å². The molecule has 134 valence electrons. The fourth-order valence-corrected chi connectivity index (χ4v) is 2.79. The number of para-hydroxylation sites is 1. The van der Waals surface area contributed by atoms with Gasteiger partial charge in [0.1, 0.15) is 18.0 Å². The van der Waals surface area contributed by atoms with Gasteiger partial charge in [-0.25, -0.2) is 0 Å². The van der Waals surface area contributed by atoms with Crippen LogP contribution in [0, 0.1) is 11.8 Å². The lowest BCUT2D eigenvalue weighted by Crippen LogP contribution is -2.38. The molecule has 1 N–H and O–H groups in total. The number of hydrogen-bond acceptors (Lipinski definition) is 4. The van der Waals surface area contributed by atoms with E-state index in [4.69, 9.17) is 4.74 Å². The lowest BCUT2D eigenvalue weighted by atomic mass is 10.00. The van der Waals surface area contributed by atoms with E-state index >= 15 is 0 Å². The van der Waals surface area contributed by atoms with Crippen LogP contribution in [0.2, 0.25) is 0 Å². The van der Waals surface area contributed by atoms with E-state index in [1.54, 1.807) is 38.1 Å². The second kappa shape index (κ2) is 7.39. The summed E-state index contributed by atoms with van der Waals surface area (Å²) in [6.45, 7) is 3.12. The number of imide groups is 1. The van der Waals surface area contributed by atoms with Gasteiger partial charge in [0, 0.05) is 23.6 Å². The Bertz CT molecular complexity index is 815. The fraction of sp³-hybridized carbons (Fsp3) is 0.250. The largest absolute Gasteiger partial charge is 0.457 e. The smallest absolute Gasteiger partial charge is 0.244 e. The number of ether oxygens (including phenoxy) is 1. The first-order chi connectivity index (χ1) is 12.5. The number of carbonyl (C=O) groups excluding carboxylic acids is 3. The van der Waals surface area contributed by atoms with Gasteiger partial charge in [0.2, 0.25) is 17.7 Å². The summed E-state index contributed by atoms with van der Waals surface area (Å²) < 4.78 is 5.73. The second-order valence-corrected chi connectivity index (χ2v) is 6.33. The first-order valence-corrected chi connectivity index (χ1v) is 8.44. The summed E-state index contributed by atoms with van der Waals surface area (Å²) in [7, 11) is 0. The molecule has 3 amide bonds. The van der Waals surface area contributed by atoms with Gasteiger partial charge in [0.15, 0.2) is 0 Å². The van der Waals surface area contributed by atoms with Gasteiger partial charge in [-0.05, 0) is 24.3 Å². The number of carbonyl (C=O) groups is 3. The molecule has 1 saturated heterocycles. The predicted octanol–water partition coefficient (Wildman–Crippen LogP) is 3.06. The Labute approximate surface area is 151 Å². The van der Waals surface area contributed by atoms with Crippen LogP contribution in [0.1, 0.15) is 13.8 Å². The van der Waals surface area contributed by atoms with Crippen molar-refractivity contribution < 1.29 is 19.1 Å². The van der Waals surface area contributed by atoms with Crippen molar-refractivity contribution in [3.8, 4) is 11.5 Å². The predicted molar refractivity (Wildman–Crippen MR) is 96.6 cm³/mol. The van der Waals surface area contributed by atoms with Crippen LogP contribution in [0.4, 0.5) is 5.69 Å². The van der Waals surface area contributed by atoms with Crippen LogP contribution < -0.4 is 10.1 Å². The molecule has 1 aliphatic rings. The summed E-state index contributed by atoms with van der Waals surface area (Å²) in [5.41, 5.74) is 0.531. The van der Waals surface area contributed by atoms with Crippen LogP contribution in [-0.2, 0) is 14.4 Å². The van der Waals surface area contributed by atoms with Crippen LogP contribution in [0.15, 0.2) is 54.6 Å². The summed E-state index contributed by atoms with van der Waals surface area (Å²) in [4.78, 5) is 37.4. The number of benzene rings is 2. The van der Waals surface area contributed by atoms with Gasteiger partial charge in [-0.2, -0.15) is 0 Å². The average molecular weight is 352 g/mol. The Morgan fingerprint density at radius 2 is 1.58 bits per heavy atom. The van der Waals surface area contributed by atoms with Crippen LogP contribution >= 0.6 is 0 Å². The van der Waals surface area contributed by atoms with Gasteiger partial charge in [-0.3, -0.25) is 19.3 Å². The van der Waals surface area contributed by atoms with E-state index in [1.165, 1.54) is 0 Å². The first kappa shape index (κ1) is 17.7. The van der Waals surface area contributed by atoms with E-state index in [1.807, 2.05) is 30.3 Å². The van der Waals surface area contributed by atoms with E-state index in [-0.39, 0.29) is 18.4 Å². The average Bonchev–Trinajstić information content (AvgIpc) is 2.81. The normalized spacial score (nSPS) is 19.5. The van der Waals surface area contributed by atoms with Crippen molar-refractivity contribution in [3.63, 3.8) is 0 Å². The number of hydrogen-bond donors (Lipinski definition) is 1. The molecule has 2 atom stereocenters. The highest BCUT2D eigenvalue weighted by Gasteiger charge is 2.42. The number of rotatable bonds is 5. The van der Waals surface area contributed by atoms with Crippen molar-refractivity contribution in [3.05, 3.63) is 54.6 Å². The fourth-order valence-electron chi connectivity index (χ4n) is 2.79. The lowest BCUT2D eigenvalue weighted by molar-refractivity contribution is -0.142. The van der Waals surface area contributed by atoms with Crippen LogP contribution in [0.25, 0.3) is 0 Å². The van der Waals surface area contributed by atoms with Crippen LogP contribution in [0.5, 0.6) is 11.5 Å². The van der Waals surface area contributed by atoms with Crippen molar-refractivity contribution in [2.75, 3.05) is 11.9 Å².